The van der Waals surface area contributed by atoms with Gasteiger partial charge >= 0.3 is 11.9 Å². The van der Waals surface area contributed by atoms with Gasteiger partial charge in [0.05, 0.1) is 14.2 Å². The van der Waals surface area contributed by atoms with Crippen LogP contribution in [0.1, 0.15) is 25.0 Å². The van der Waals surface area contributed by atoms with Gasteiger partial charge in [-0.1, -0.05) is 24.3 Å². The third kappa shape index (κ3) is 5.11. The van der Waals surface area contributed by atoms with Crippen LogP contribution in [-0.2, 0) is 9.59 Å². The van der Waals surface area contributed by atoms with Crippen LogP contribution in [0.2, 0.25) is 0 Å². The van der Waals surface area contributed by atoms with Crippen molar-refractivity contribution in [3.05, 3.63) is 47.5 Å². The van der Waals surface area contributed by atoms with Crippen molar-refractivity contribution in [1.82, 2.24) is 0 Å². The Bertz CT molecular complexity index is 769. The van der Waals surface area contributed by atoms with Crippen LogP contribution in [0.3, 0.4) is 0 Å². The van der Waals surface area contributed by atoms with Crippen LogP contribution in [0, 0.1) is 0 Å². The van der Waals surface area contributed by atoms with Crippen LogP contribution in [-0.4, -0.2) is 26.2 Å². The Morgan fingerprint density at radius 2 is 1.08 bits per heavy atom. The minimum Gasteiger partial charge on any atom is -0.493 e. The van der Waals surface area contributed by atoms with Crippen LogP contribution in [0.25, 0.3) is 12.2 Å². The van der Waals surface area contributed by atoms with Crippen molar-refractivity contribution in [1.29, 1.82) is 0 Å². The lowest BCUT2D eigenvalue weighted by Gasteiger charge is -2.09. The number of rotatable bonds is 6. The van der Waals surface area contributed by atoms with Crippen molar-refractivity contribution in [3.8, 4) is 23.0 Å². The normalized spacial score (nSPS) is 10.5. The lowest BCUT2D eigenvalue weighted by Crippen LogP contribution is -2.03. The van der Waals surface area contributed by atoms with E-state index in [-0.39, 0.29) is 0 Å². The highest BCUT2D eigenvalue weighted by molar-refractivity contribution is 5.75. The van der Waals surface area contributed by atoms with E-state index in [1.54, 1.807) is 24.3 Å². The lowest BCUT2D eigenvalue weighted by atomic mass is 10.1. The van der Waals surface area contributed by atoms with E-state index >= 15 is 0 Å². The highest BCUT2D eigenvalue weighted by Crippen LogP contribution is 2.31. The Morgan fingerprint density at radius 1 is 0.692 bits per heavy atom. The summed E-state index contributed by atoms with van der Waals surface area (Å²) in [6.45, 7) is 2.67. The van der Waals surface area contributed by atoms with E-state index in [2.05, 4.69) is 0 Å². The Labute approximate surface area is 151 Å². The monoisotopic (exact) mass is 356 g/mol. The average Bonchev–Trinajstić information content (AvgIpc) is 2.60. The molecule has 6 nitrogen and oxygen atoms in total. The van der Waals surface area contributed by atoms with Gasteiger partial charge in [-0.15, -0.1) is 0 Å². The molecule has 0 atom stereocenters. The molecule has 0 radical (unpaired) electrons. The molecule has 0 heterocycles. The number of carbonyl (C=O) groups excluding carboxylic acids is 2. The van der Waals surface area contributed by atoms with Crippen molar-refractivity contribution >= 4 is 24.1 Å². The highest BCUT2D eigenvalue weighted by atomic mass is 16.6. The summed E-state index contributed by atoms with van der Waals surface area (Å²) in [5.74, 6) is 0.836. The maximum atomic E-state index is 11.1. The predicted octanol–water partition coefficient (Wildman–Crippen LogP) is 3.72. The average molecular weight is 356 g/mol. The number of hydrogen-bond donors (Lipinski definition) is 0. The van der Waals surface area contributed by atoms with Gasteiger partial charge in [0.25, 0.3) is 0 Å². The maximum Gasteiger partial charge on any atom is 0.308 e. The van der Waals surface area contributed by atoms with Crippen molar-refractivity contribution in [2.24, 2.45) is 0 Å². The van der Waals surface area contributed by atoms with E-state index in [0.29, 0.717) is 23.0 Å². The van der Waals surface area contributed by atoms with E-state index < -0.39 is 11.9 Å². The fourth-order valence-corrected chi connectivity index (χ4v) is 2.25. The minimum absolute atomic E-state index is 0.365. The topological polar surface area (TPSA) is 71.1 Å². The highest BCUT2D eigenvalue weighted by Gasteiger charge is 2.08. The molecule has 0 aliphatic heterocycles. The molecule has 0 aliphatic rings. The Morgan fingerprint density at radius 3 is 1.38 bits per heavy atom. The summed E-state index contributed by atoms with van der Waals surface area (Å²) in [4.78, 5) is 22.2. The molecule has 0 saturated carbocycles. The largest absolute Gasteiger partial charge is 0.493 e. The number of ether oxygens (including phenoxy) is 4. The second-order valence-corrected chi connectivity index (χ2v) is 5.34. The number of benzene rings is 2. The van der Waals surface area contributed by atoms with Crippen molar-refractivity contribution < 1.29 is 28.5 Å². The summed E-state index contributed by atoms with van der Waals surface area (Å²) in [6, 6.07) is 10.5. The van der Waals surface area contributed by atoms with Gasteiger partial charge in [-0.2, -0.15) is 0 Å². The van der Waals surface area contributed by atoms with Gasteiger partial charge in [-0.05, 0) is 35.4 Å². The maximum absolute atomic E-state index is 11.1. The fraction of sp³-hybridized carbons (Fsp3) is 0.200. The number of carbonyl (C=O) groups is 2. The van der Waals surface area contributed by atoms with Gasteiger partial charge in [0, 0.05) is 13.8 Å². The summed E-state index contributed by atoms with van der Waals surface area (Å²) in [5, 5.41) is 0. The third-order valence-corrected chi connectivity index (χ3v) is 3.35. The van der Waals surface area contributed by atoms with Crippen LogP contribution in [0.4, 0.5) is 0 Å². The molecule has 0 saturated heterocycles. The second-order valence-electron chi connectivity index (χ2n) is 5.34. The molecule has 0 bridgehead atoms. The first-order chi connectivity index (χ1) is 12.4. The molecular formula is C20H20O6. The zero-order chi connectivity index (χ0) is 19.1. The molecule has 2 aromatic carbocycles. The number of esters is 2. The summed E-state index contributed by atoms with van der Waals surface area (Å²) in [7, 11) is 3.02. The van der Waals surface area contributed by atoms with E-state index in [4.69, 9.17) is 18.9 Å². The number of methoxy groups -OCH3 is 2. The third-order valence-electron chi connectivity index (χ3n) is 3.35. The molecule has 136 valence electrons. The Kier molecular flexibility index (Phi) is 6.38. The van der Waals surface area contributed by atoms with Crippen LogP contribution >= 0.6 is 0 Å². The standard InChI is InChI=1S/C20H20O6/c1-13(21)25-17-9-7-15(11-19(17)23-3)5-6-16-8-10-18(26-14(2)22)20(12-16)24-4/h5-12H,1-4H3. The molecule has 0 N–H and O–H groups in total. The molecule has 0 fully saturated rings. The number of hydrogen-bond acceptors (Lipinski definition) is 6. The summed E-state index contributed by atoms with van der Waals surface area (Å²) in [6.07, 6.45) is 3.75. The molecule has 2 aromatic rings. The summed E-state index contributed by atoms with van der Waals surface area (Å²) >= 11 is 0. The molecule has 2 rings (SSSR count). The van der Waals surface area contributed by atoms with Gasteiger partial charge in [-0.3, -0.25) is 9.59 Å². The van der Waals surface area contributed by atoms with Gasteiger partial charge in [0.2, 0.25) is 0 Å². The predicted molar refractivity (Wildman–Crippen MR) is 97.5 cm³/mol. The van der Waals surface area contributed by atoms with E-state index in [0.717, 1.165) is 11.1 Å². The molecule has 0 spiro atoms. The Balaban J connectivity index is 2.23. The molecule has 0 amide bonds. The van der Waals surface area contributed by atoms with Crippen LogP contribution < -0.4 is 18.9 Å². The summed E-state index contributed by atoms with van der Waals surface area (Å²) < 4.78 is 20.7. The van der Waals surface area contributed by atoms with E-state index in [1.807, 2.05) is 24.3 Å². The van der Waals surface area contributed by atoms with Crippen LogP contribution in [0.15, 0.2) is 36.4 Å². The lowest BCUT2D eigenvalue weighted by molar-refractivity contribution is -0.132. The first-order valence-corrected chi connectivity index (χ1v) is 7.84. The minimum atomic E-state index is -0.411. The van der Waals surface area contributed by atoms with Crippen LogP contribution in [0.5, 0.6) is 23.0 Å². The molecule has 6 heteroatoms. The van der Waals surface area contributed by atoms with Crippen molar-refractivity contribution in [2.45, 2.75) is 13.8 Å². The first-order valence-electron chi connectivity index (χ1n) is 7.84. The molecule has 0 aromatic heterocycles. The first kappa shape index (κ1) is 19.1. The van der Waals surface area contributed by atoms with E-state index in [9.17, 15) is 9.59 Å². The zero-order valence-electron chi connectivity index (χ0n) is 15.1. The zero-order valence-corrected chi connectivity index (χ0v) is 15.1. The van der Waals surface area contributed by atoms with Crippen molar-refractivity contribution in [3.63, 3.8) is 0 Å². The van der Waals surface area contributed by atoms with E-state index in [1.165, 1.54) is 28.1 Å². The molecule has 0 unspecified atom stereocenters. The quantitative estimate of drug-likeness (QED) is 0.446. The second kappa shape index (κ2) is 8.71. The SMILES string of the molecule is COc1cc(C=Cc2ccc(OC(C)=O)c(OC)c2)ccc1OC(C)=O. The van der Waals surface area contributed by atoms with Gasteiger partial charge < -0.3 is 18.9 Å². The molecule has 0 aliphatic carbocycles. The van der Waals surface area contributed by atoms with Gasteiger partial charge in [0.1, 0.15) is 0 Å². The van der Waals surface area contributed by atoms with Gasteiger partial charge in [0.15, 0.2) is 23.0 Å². The summed E-state index contributed by atoms with van der Waals surface area (Å²) in [5.41, 5.74) is 1.72. The Hall–Kier alpha value is -3.28. The molecular weight excluding hydrogens is 336 g/mol. The molecule has 26 heavy (non-hydrogen) atoms. The van der Waals surface area contributed by atoms with Crippen molar-refractivity contribution in [2.75, 3.05) is 14.2 Å². The smallest absolute Gasteiger partial charge is 0.308 e. The fourth-order valence-electron chi connectivity index (χ4n) is 2.25. The van der Waals surface area contributed by atoms with Gasteiger partial charge in [-0.25, -0.2) is 0 Å².